The van der Waals surface area contributed by atoms with E-state index < -0.39 is 29.1 Å². The van der Waals surface area contributed by atoms with Crippen molar-refractivity contribution in [2.75, 3.05) is 18.2 Å². The molecule has 0 radical (unpaired) electrons. The average Bonchev–Trinajstić information content (AvgIpc) is 2.75. The summed E-state index contributed by atoms with van der Waals surface area (Å²) in [4.78, 5) is 20.8. The van der Waals surface area contributed by atoms with Gasteiger partial charge in [0.1, 0.15) is 29.0 Å². The smallest absolute Gasteiger partial charge is 0.330 e. The van der Waals surface area contributed by atoms with Crippen molar-refractivity contribution in [1.29, 1.82) is 0 Å². The Morgan fingerprint density at radius 2 is 1.88 bits per heavy atom. The molecule has 0 bridgehead atoms. The lowest BCUT2D eigenvalue weighted by atomic mass is 10.0. The van der Waals surface area contributed by atoms with E-state index in [0.717, 1.165) is 12.1 Å². The second kappa shape index (κ2) is 10.3. The van der Waals surface area contributed by atoms with E-state index >= 15 is 0 Å². The van der Waals surface area contributed by atoms with Gasteiger partial charge >= 0.3 is 5.97 Å². The molecule has 0 fully saturated rings. The molecular weight excluding hydrogens is 439 g/mol. The van der Waals surface area contributed by atoms with E-state index in [4.69, 9.17) is 4.74 Å². The minimum Gasteiger partial charge on any atom is -0.463 e. The Morgan fingerprint density at radius 1 is 1.16 bits per heavy atom. The van der Waals surface area contributed by atoms with Crippen molar-refractivity contribution in [1.82, 2.24) is 9.97 Å². The highest BCUT2D eigenvalue weighted by Gasteiger charge is 2.19. The van der Waals surface area contributed by atoms with Crippen LogP contribution in [-0.2, 0) is 9.53 Å². The van der Waals surface area contributed by atoms with Crippen molar-refractivity contribution in [2.45, 2.75) is 19.0 Å². The van der Waals surface area contributed by atoms with Crippen LogP contribution in [0.15, 0.2) is 47.6 Å². The van der Waals surface area contributed by atoms with Gasteiger partial charge in [0.15, 0.2) is 5.16 Å². The SMILES string of the molecule is CCOC(=O)/C=C/c1c(Nc2c(F)cccc2F)nc(SC)nc1-c1ccc(F)cc1C. The van der Waals surface area contributed by atoms with E-state index in [1.165, 1.54) is 42.1 Å². The predicted molar refractivity (Wildman–Crippen MR) is 119 cm³/mol. The number of carbonyl (C=O) groups is 1. The number of para-hydroxylation sites is 1. The van der Waals surface area contributed by atoms with Crippen molar-refractivity contribution in [3.05, 3.63) is 71.1 Å². The predicted octanol–water partition coefficient (Wildman–Crippen LogP) is 5.91. The van der Waals surface area contributed by atoms with E-state index in [9.17, 15) is 18.0 Å². The Bertz CT molecular complexity index is 1170. The lowest BCUT2D eigenvalue weighted by Crippen LogP contribution is -2.06. The summed E-state index contributed by atoms with van der Waals surface area (Å²) in [6, 6.07) is 7.65. The zero-order valence-corrected chi connectivity index (χ0v) is 18.4. The van der Waals surface area contributed by atoms with Crippen LogP contribution in [0.25, 0.3) is 17.3 Å². The van der Waals surface area contributed by atoms with Gasteiger partial charge in [0.05, 0.1) is 12.3 Å². The molecule has 0 spiro atoms. The lowest BCUT2D eigenvalue weighted by Gasteiger charge is -2.16. The number of rotatable bonds is 7. The summed E-state index contributed by atoms with van der Waals surface area (Å²) in [5.41, 5.74) is 1.41. The maximum atomic E-state index is 14.3. The maximum Gasteiger partial charge on any atom is 0.330 e. The molecule has 32 heavy (non-hydrogen) atoms. The molecule has 2 aromatic carbocycles. The van der Waals surface area contributed by atoms with Gasteiger partial charge in [-0.05, 0) is 62.1 Å². The second-order valence-corrected chi connectivity index (χ2v) is 7.36. The molecule has 5 nitrogen and oxygen atoms in total. The first-order valence-electron chi connectivity index (χ1n) is 9.62. The number of halogens is 3. The van der Waals surface area contributed by atoms with Crippen molar-refractivity contribution < 1.29 is 22.7 Å². The topological polar surface area (TPSA) is 64.1 Å². The Kier molecular flexibility index (Phi) is 7.53. The third-order valence-corrected chi connectivity index (χ3v) is 4.98. The molecule has 0 amide bonds. The first kappa shape index (κ1) is 23.3. The molecule has 0 saturated carbocycles. The number of anilines is 2. The van der Waals surface area contributed by atoms with Gasteiger partial charge in [0.25, 0.3) is 0 Å². The number of ether oxygens (including phenoxy) is 1. The summed E-state index contributed by atoms with van der Waals surface area (Å²) in [5.74, 6) is -2.57. The number of benzene rings is 2. The van der Waals surface area contributed by atoms with Gasteiger partial charge in [-0.3, -0.25) is 0 Å². The third-order valence-electron chi connectivity index (χ3n) is 4.43. The Labute approximate surface area is 187 Å². The van der Waals surface area contributed by atoms with Crippen LogP contribution in [-0.4, -0.2) is 28.8 Å². The molecule has 0 aliphatic rings. The first-order chi connectivity index (χ1) is 15.3. The van der Waals surface area contributed by atoms with Crippen LogP contribution in [0.1, 0.15) is 18.1 Å². The highest BCUT2D eigenvalue weighted by molar-refractivity contribution is 7.98. The summed E-state index contributed by atoms with van der Waals surface area (Å²) in [5, 5.41) is 3.00. The molecule has 3 aromatic rings. The highest BCUT2D eigenvalue weighted by Crippen LogP contribution is 2.34. The molecule has 1 aromatic heterocycles. The number of hydrogen-bond acceptors (Lipinski definition) is 6. The molecule has 166 valence electrons. The summed E-state index contributed by atoms with van der Waals surface area (Å²) in [7, 11) is 0. The Morgan fingerprint density at radius 3 is 2.50 bits per heavy atom. The van der Waals surface area contributed by atoms with Crippen molar-refractivity contribution >= 4 is 35.3 Å². The Hall–Kier alpha value is -3.33. The molecule has 0 atom stereocenters. The fourth-order valence-corrected chi connectivity index (χ4v) is 3.33. The highest BCUT2D eigenvalue weighted by atomic mass is 32.2. The standard InChI is InChI=1S/C23H20F3N3O2S/c1-4-31-19(30)11-10-16-20(15-9-8-14(24)12-13(15)2)28-23(32-3)29-22(16)27-21-17(25)6-5-7-18(21)26/h5-12H,4H2,1-3H3,(H,27,28,29)/b11-10+. The van der Waals surface area contributed by atoms with Gasteiger partial charge in [-0.25, -0.2) is 27.9 Å². The summed E-state index contributed by atoms with van der Waals surface area (Å²) >= 11 is 1.22. The van der Waals surface area contributed by atoms with Crippen molar-refractivity contribution in [3.63, 3.8) is 0 Å². The number of nitrogens with one attached hydrogen (secondary N) is 1. The molecular formula is C23H20F3N3O2S. The van der Waals surface area contributed by atoms with Gasteiger partial charge in [-0.1, -0.05) is 17.8 Å². The van der Waals surface area contributed by atoms with Crippen LogP contribution in [0.5, 0.6) is 0 Å². The zero-order valence-electron chi connectivity index (χ0n) is 17.6. The number of esters is 1. The van der Waals surface area contributed by atoms with E-state index in [1.54, 1.807) is 26.2 Å². The van der Waals surface area contributed by atoms with Crippen LogP contribution < -0.4 is 5.32 Å². The van der Waals surface area contributed by atoms with Gasteiger partial charge in [-0.2, -0.15) is 0 Å². The van der Waals surface area contributed by atoms with Crippen LogP contribution in [0, 0.1) is 24.4 Å². The molecule has 1 heterocycles. The fourth-order valence-electron chi connectivity index (χ4n) is 2.97. The largest absolute Gasteiger partial charge is 0.463 e. The van der Waals surface area contributed by atoms with Crippen LogP contribution in [0.3, 0.4) is 0 Å². The molecule has 1 N–H and O–H groups in total. The number of thioether (sulfide) groups is 1. The summed E-state index contributed by atoms with van der Waals surface area (Å²) in [6.45, 7) is 3.56. The van der Waals surface area contributed by atoms with Crippen molar-refractivity contribution in [3.8, 4) is 11.3 Å². The number of aromatic nitrogens is 2. The first-order valence-corrected chi connectivity index (χ1v) is 10.8. The van der Waals surface area contributed by atoms with Crippen LogP contribution >= 0.6 is 11.8 Å². The summed E-state index contributed by atoms with van der Waals surface area (Å²) in [6.07, 6.45) is 4.33. The molecule has 0 aliphatic heterocycles. The Balaban J connectivity index is 2.25. The number of hydrogen-bond donors (Lipinski definition) is 1. The third kappa shape index (κ3) is 5.28. The van der Waals surface area contributed by atoms with E-state index in [2.05, 4.69) is 15.3 Å². The quantitative estimate of drug-likeness (QED) is 0.205. The van der Waals surface area contributed by atoms with Crippen LogP contribution in [0.2, 0.25) is 0 Å². The zero-order chi connectivity index (χ0) is 23.3. The molecule has 3 rings (SSSR count). The second-order valence-electron chi connectivity index (χ2n) is 6.59. The summed E-state index contributed by atoms with van der Waals surface area (Å²) < 4.78 is 47.2. The number of aryl methyl sites for hydroxylation is 1. The fraction of sp³-hybridized carbons (Fsp3) is 0.174. The normalized spacial score (nSPS) is 11.1. The van der Waals surface area contributed by atoms with Gasteiger partial charge in [0, 0.05) is 17.2 Å². The lowest BCUT2D eigenvalue weighted by molar-refractivity contribution is -0.137. The average molecular weight is 459 g/mol. The minimum absolute atomic E-state index is 0.0765. The van der Waals surface area contributed by atoms with Crippen molar-refractivity contribution in [2.24, 2.45) is 0 Å². The molecule has 0 unspecified atom stereocenters. The maximum absolute atomic E-state index is 14.3. The molecule has 9 heteroatoms. The van der Waals surface area contributed by atoms with Gasteiger partial charge < -0.3 is 10.1 Å². The van der Waals surface area contributed by atoms with Crippen LogP contribution in [0.4, 0.5) is 24.7 Å². The minimum atomic E-state index is -0.811. The monoisotopic (exact) mass is 459 g/mol. The number of carbonyl (C=O) groups excluding carboxylic acids is 1. The van der Waals surface area contributed by atoms with E-state index in [1.807, 2.05) is 0 Å². The van der Waals surface area contributed by atoms with Gasteiger partial charge in [-0.15, -0.1) is 0 Å². The van der Waals surface area contributed by atoms with E-state index in [0.29, 0.717) is 22.0 Å². The number of nitrogens with zero attached hydrogens (tertiary/aromatic N) is 2. The van der Waals surface area contributed by atoms with E-state index in [-0.39, 0.29) is 18.0 Å². The molecule has 0 aliphatic carbocycles. The molecule has 0 saturated heterocycles. The van der Waals surface area contributed by atoms with Gasteiger partial charge in [0.2, 0.25) is 0 Å².